The summed E-state index contributed by atoms with van der Waals surface area (Å²) in [5.74, 6) is -1.27. The lowest BCUT2D eigenvalue weighted by Crippen LogP contribution is -2.38. The van der Waals surface area contributed by atoms with E-state index < -0.39 is 28.3 Å². The Morgan fingerprint density at radius 1 is 1.04 bits per heavy atom. The number of carbonyl (C=O) groups is 1. The number of sulfonamides is 1. The molecule has 27 heavy (non-hydrogen) atoms. The average molecular weight is 393 g/mol. The highest BCUT2D eigenvalue weighted by atomic mass is 32.2. The van der Waals surface area contributed by atoms with Crippen LogP contribution in [-0.4, -0.2) is 40.2 Å². The van der Waals surface area contributed by atoms with Crippen LogP contribution in [0.1, 0.15) is 13.8 Å². The number of hydrogen-bond acceptors (Lipinski definition) is 4. The quantitative estimate of drug-likeness (QED) is 0.748. The van der Waals surface area contributed by atoms with E-state index >= 15 is 0 Å². The van der Waals surface area contributed by atoms with Gasteiger partial charge in [-0.3, -0.25) is 9.10 Å². The van der Waals surface area contributed by atoms with Crippen LogP contribution >= 0.6 is 0 Å². The topological polar surface area (TPSA) is 69.7 Å². The molecule has 0 bridgehead atoms. The standard InChI is InChI=1S/C19H24FN3O3S/c1-4-22(5-2)16-12-10-15(11-13-16)21-19(24)14-23(27(3,25)26)18-9-7-6-8-17(18)20/h6-13H,4-5,14H2,1-3H3,(H,21,24). The maximum absolute atomic E-state index is 14.0. The zero-order chi connectivity index (χ0) is 20.0. The van der Waals surface area contributed by atoms with Crippen molar-refractivity contribution in [2.45, 2.75) is 13.8 Å². The summed E-state index contributed by atoms with van der Waals surface area (Å²) in [6.07, 6.45) is 0.936. The first kappa shape index (κ1) is 20.7. The Kier molecular flexibility index (Phi) is 6.79. The SMILES string of the molecule is CCN(CC)c1ccc(NC(=O)CN(c2ccccc2F)S(C)(=O)=O)cc1. The van der Waals surface area contributed by atoms with Gasteiger partial charge in [-0.15, -0.1) is 0 Å². The zero-order valence-corrected chi connectivity index (χ0v) is 16.5. The number of para-hydroxylation sites is 1. The predicted octanol–water partition coefficient (Wildman–Crippen LogP) is 3.08. The molecule has 0 fully saturated rings. The predicted molar refractivity (Wildman–Crippen MR) is 107 cm³/mol. The molecule has 0 aliphatic heterocycles. The Morgan fingerprint density at radius 2 is 1.63 bits per heavy atom. The second kappa shape index (κ2) is 8.85. The molecular formula is C19H24FN3O3S. The van der Waals surface area contributed by atoms with E-state index in [1.54, 1.807) is 12.1 Å². The van der Waals surface area contributed by atoms with E-state index in [4.69, 9.17) is 0 Å². The Balaban J connectivity index is 2.14. The van der Waals surface area contributed by atoms with Gasteiger partial charge in [0.05, 0.1) is 11.9 Å². The molecule has 2 rings (SSSR count). The Bertz CT molecular complexity index is 881. The van der Waals surface area contributed by atoms with Gasteiger partial charge in [-0.1, -0.05) is 12.1 Å². The third-order valence-electron chi connectivity index (χ3n) is 4.09. The van der Waals surface area contributed by atoms with Crippen LogP contribution in [-0.2, 0) is 14.8 Å². The van der Waals surface area contributed by atoms with Crippen molar-refractivity contribution in [2.75, 3.05) is 40.4 Å². The number of carbonyl (C=O) groups excluding carboxylic acids is 1. The normalized spacial score (nSPS) is 11.1. The lowest BCUT2D eigenvalue weighted by molar-refractivity contribution is -0.114. The third kappa shape index (κ3) is 5.43. The highest BCUT2D eigenvalue weighted by molar-refractivity contribution is 7.92. The van der Waals surface area contributed by atoms with Crippen LogP contribution in [0.25, 0.3) is 0 Å². The molecule has 0 aromatic heterocycles. The monoisotopic (exact) mass is 393 g/mol. The van der Waals surface area contributed by atoms with Crippen molar-refractivity contribution >= 4 is 33.0 Å². The minimum atomic E-state index is -3.83. The fourth-order valence-electron chi connectivity index (χ4n) is 2.71. The summed E-state index contributed by atoms with van der Waals surface area (Å²) < 4.78 is 38.8. The first-order chi connectivity index (χ1) is 12.8. The molecule has 1 amide bonds. The maximum Gasteiger partial charge on any atom is 0.245 e. The van der Waals surface area contributed by atoms with Crippen LogP contribution in [0.4, 0.5) is 21.5 Å². The molecule has 0 saturated carbocycles. The Labute approximate surface area is 159 Å². The molecule has 0 saturated heterocycles. The first-order valence-electron chi connectivity index (χ1n) is 8.63. The number of rotatable bonds is 8. The van der Waals surface area contributed by atoms with Crippen molar-refractivity contribution in [3.05, 3.63) is 54.3 Å². The third-order valence-corrected chi connectivity index (χ3v) is 5.21. The van der Waals surface area contributed by atoms with Crippen molar-refractivity contribution < 1.29 is 17.6 Å². The van der Waals surface area contributed by atoms with Crippen molar-refractivity contribution in [1.82, 2.24) is 0 Å². The van der Waals surface area contributed by atoms with Crippen molar-refractivity contribution in [1.29, 1.82) is 0 Å². The van der Waals surface area contributed by atoms with Crippen LogP contribution in [0, 0.1) is 5.82 Å². The van der Waals surface area contributed by atoms with Crippen LogP contribution in [0.15, 0.2) is 48.5 Å². The lowest BCUT2D eigenvalue weighted by atomic mass is 10.2. The van der Waals surface area contributed by atoms with Crippen LogP contribution in [0.3, 0.4) is 0 Å². The molecule has 0 heterocycles. The molecular weight excluding hydrogens is 369 g/mol. The van der Waals surface area contributed by atoms with Gasteiger partial charge in [-0.2, -0.15) is 0 Å². The van der Waals surface area contributed by atoms with Gasteiger partial charge in [-0.05, 0) is 50.2 Å². The minimum absolute atomic E-state index is 0.160. The number of amides is 1. The smallest absolute Gasteiger partial charge is 0.245 e. The van der Waals surface area contributed by atoms with Crippen LogP contribution in [0.5, 0.6) is 0 Å². The molecule has 2 aromatic carbocycles. The van der Waals surface area contributed by atoms with Crippen molar-refractivity contribution in [3.63, 3.8) is 0 Å². The zero-order valence-electron chi connectivity index (χ0n) is 15.6. The van der Waals surface area contributed by atoms with Gasteiger partial charge in [0.1, 0.15) is 12.4 Å². The molecule has 2 aromatic rings. The molecule has 0 aliphatic carbocycles. The van der Waals surface area contributed by atoms with E-state index in [9.17, 15) is 17.6 Å². The Morgan fingerprint density at radius 3 is 2.15 bits per heavy atom. The number of halogens is 1. The molecule has 0 atom stereocenters. The Hall–Kier alpha value is -2.61. The summed E-state index contributed by atoms with van der Waals surface area (Å²) in [6.45, 7) is 5.34. The number of benzene rings is 2. The number of nitrogens with zero attached hydrogens (tertiary/aromatic N) is 2. The van der Waals surface area contributed by atoms with E-state index in [1.807, 2.05) is 12.1 Å². The van der Waals surface area contributed by atoms with E-state index in [-0.39, 0.29) is 5.69 Å². The highest BCUT2D eigenvalue weighted by Gasteiger charge is 2.23. The van der Waals surface area contributed by atoms with Gasteiger partial charge in [0.25, 0.3) is 0 Å². The maximum atomic E-state index is 14.0. The van der Waals surface area contributed by atoms with Crippen LogP contribution in [0.2, 0.25) is 0 Å². The summed E-state index contributed by atoms with van der Waals surface area (Å²) in [5.41, 5.74) is 1.41. The van der Waals surface area contributed by atoms with Crippen molar-refractivity contribution in [2.24, 2.45) is 0 Å². The van der Waals surface area contributed by atoms with E-state index in [0.717, 1.165) is 35.4 Å². The summed E-state index contributed by atoms with van der Waals surface area (Å²) >= 11 is 0. The summed E-state index contributed by atoms with van der Waals surface area (Å²) in [5, 5.41) is 2.65. The molecule has 0 radical (unpaired) electrons. The molecule has 146 valence electrons. The number of nitrogens with one attached hydrogen (secondary N) is 1. The van der Waals surface area contributed by atoms with Gasteiger partial charge in [0.2, 0.25) is 15.9 Å². The summed E-state index contributed by atoms with van der Waals surface area (Å²) in [4.78, 5) is 14.5. The van der Waals surface area contributed by atoms with Crippen molar-refractivity contribution in [3.8, 4) is 0 Å². The molecule has 0 aliphatic rings. The number of anilines is 3. The van der Waals surface area contributed by atoms with Gasteiger partial charge in [-0.25, -0.2) is 12.8 Å². The van der Waals surface area contributed by atoms with Gasteiger partial charge in [0, 0.05) is 24.5 Å². The minimum Gasteiger partial charge on any atom is -0.372 e. The van der Waals surface area contributed by atoms with E-state index in [2.05, 4.69) is 24.1 Å². The highest BCUT2D eigenvalue weighted by Crippen LogP contribution is 2.22. The number of hydrogen-bond donors (Lipinski definition) is 1. The molecule has 6 nitrogen and oxygen atoms in total. The summed E-state index contributed by atoms with van der Waals surface area (Å²) in [7, 11) is -3.83. The summed E-state index contributed by atoms with van der Waals surface area (Å²) in [6, 6.07) is 12.7. The molecule has 0 unspecified atom stereocenters. The van der Waals surface area contributed by atoms with Gasteiger partial charge >= 0.3 is 0 Å². The molecule has 1 N–H and O–H groups in total. The van der Waals surface area contributed by atoms with E-state index in [1.165, 1.54) is 18.2 Å². The largest absolute Gasteiger partial charge is 0.372 e. The molecule has 8 heteroatoms. The lowest BCUT2D eigenvalue weighted by Gasteiger charge is -2.23. The second-order valence-corrected chi connectivity index (χ2v) is 7.90. The van der Waals surface area contributed by atoms with Gasteiger partial charge in [0.15, 0.2) is 0 Å². The fraction of sp³-hybridized carbons (Fsp3) is 0.316. The van der Waals surface area contributed by atoms with Gasteiger partial charge < -0.3 is 10.2 Å². The average Bonchev–Trinajstić information content (AvgIpc) is 2.62. The first-order valence-corrected chi connectivity index (χ1v) is 10.5. The fourth-order valence-corrected chi connectivity index (χ4v) is 3.57. The molecule has 0 spiro atoms. The second-order valence-electron chi connectivity index (χ2n) is 5.99. The van der Waals surface area contributed by atoms with E-state index in [0.29, 0.717) is 5.69 Å². The van der Waals surface area contributed by atoms with Crippen LogP contribution < -0.4 is 14.5 Å².